The molecule has 0 unspecified atom stereocenters. The van der Waals surface area contributed by atoms with Gasteiger partial charge in [0, 0.05) is 0 Å². The zero-order valence-electron chi connectivity index (χ0n) is 4.38. The van der Waals surface area contributed by atoms with Crippen molar-refractivity contribution in [3.05, 3.63) is 0 Å². The van der Waals surface area contributed by atoms with Crippen LogP contribution >= 0.6 is 24.8 Å². The molecule has 0 aromatic rings. The van der Waals surface area contributed by atoms with E-state index < -0.39 is 0 Å². The van der Waals surface area contributed by atoms with Crippen LogP contribution in [0.15, 0.2) is 0 Å². The molecule has 7 heavy (non-hydrogen) atoms. The third-order valence-electron chi connectivity index (χ3n) is 0.272. The molecule has 0 saturated carbocycles. The van der Waals surface area contributed by atoms with Gasteiger partial charge in [0.05, 0.1) is 0 Å². The SMILES string of the molecule is CC(C)[O][Ga].Cl.Cl. The van der Waals surface area contributed by atoms with Gasteiger partial charge in [-0.3, -0.25) is 0 Å². The van der Waals surface area contributed by atoms with Crippen molar-refractivity contribution in [3.63, 3.8) is 0 Å². The van der Waals surface area contributed by atoms with Crippen molar-refractivity contribution in [3.8, 4) is 0 Å². The first-order chi connectivity index (χ1) is 2.27. The Morgan fingerprint density at radius 2 is 1.43 bits per heavy atom. The van der Waals surface area contributed by atoms with Crippen LogP contribution < -0.4 is 0 Å². The van der Waals surface area contributed by atoms with Crippen LogP contribution in [-0.2, 0) is 3.53 Å². The molecule has 0 heterocycles. The second kappa shape index (κ2) is 10.2. The Morgan fingerprint density at radius 1 is 1.29 bits per heavy atom. The van der Waals surface area contributed by atoms with Gasteiger partial charge >= 0.3 is 42.4 Å². The predicted molar refractivity (Wildman–Crippen MR) is 36.5 cm³/mol. The Balaban J connectivity index is -0.0000000800. The first kappa shape index (κ1) is 15.7. The Labute approximate surface area is 67.3 Å². The fraction of sp³-hybridized carbons (Fsp3) is 1.00. The first-order valence-electron chi connectivity index (χ1n) is 1.63. The van der Waals surface area contributed by atoms with E-state index in [1.54, 1.807) is 0 Å². The van der Waals surface area contributed by atoms with Crippen LogP contribution in [0.1, 0.15) is 13.8 Å². The van der Waals surface area contributed by atoms with Gasteiger partial charge in [-0.2, -0.15) is 0 Å². The summed E-state index contributed by atoms with van der Waals surface area (Å²) in [5.41, 5.74) is 0. The molecule has 0 aliphatic heterocycles. The molecule has 1 nitrogen and oxygen atoms in total. The summed E-state index contributed by atoms with van der Waals surface area (Å²) in [6, 6.07) is 0. The topological polar surface area (TPSA) is 9.23 Å². The van der Waals surface area contributed by atoms with Gasteiger partial charge < -0.3 is 0 Å². The maximum Gasteiger partial charge on any atom is -0.147 e. The molecule has 2 radical (unpaired) electrons. The van der Waals surface area contributed by atoms with E-state index in [1.165, 1.54) is 19.0 Å². The van der Waals surface area contributed by atoms with Crippen LogP contribution in [-0.4, -0.2) is 25.1 Å². The Hall–Kier alpha value is 1.18. The zero-order valence-corrected chi connectivity index (χ0v) is 8.44. The van der Waals surface area contributed by atoms with Crippen LogP contribution in [0.5, 0.6) is 0 Å². The van der Waals surface area contributed by atoms with Crippen molar-refractivity contribution < 1.29 is 3.53 Å². The molecular weight excluding hydrogens is 193 g/mol. The molecule has 0 atom stereocenters. The summed E-state index contributed by atoms with van der Waals surface area (Å²) >= 11 is 1.33. The quantitative estimate of drug-likeness (QED) is 0.582. The van der Waals surface area contributed by atoms with E-state index in [0.717, 1.165) is 0 Å². The number of hydrogen-bond donors (Lipinski definition) is 0. The van der Waals surface area contributed by atoms with E-state index >= 15 is 0 Å². The van der Waals surface area contributed by atoms with Crippen molar-refractivity contribution in [2.24, 2.45) is 0 Å². The summed E-state index contributed by atoms with van der Waals surface area (Å²) in [5.74, 6) is 0. The second-order valence-corrected chi connectivity index (χ2v) is 1.76. The third kappa shape index (κ3) is 19.1. The van der Waals surface area contributed by atoms with E-state index in [4.69, 9.17) is 3.53 Å². The maximum atomic E-state index is 4.81. The summed E-state index contributed by atoms with van der Waals surface area (Å²) < 4.78 is 4.81. The van der Waals surface area contributed by atoms with Crippen molar-refractivity contribution in [2.75, 3.05) is 0 Å². The van der Waals surface area contributed by atoms with Crippen molar-refractivity contribution in [1.82, 2.24) is 0 Å². The van der Waals surface area contributed by atoms with E-state index in [0.29, 0.717) is 6.10 Å². The molecular formula is C3H9Cl2GaO. The first-order valence-corrected chi connectivity index (χ1v) is 2.62. The summed E-state index contributed by atoms with van der Waals surface area (Å²) in [6.07, 6.45) is 0.412. The smallest absolute Gasteiger partial charge is 0.147 e. The van der Waals surface area contributed by atoms with Crippen LogP contribution in [0.2, 0.25) is 0 Å². The normalized spacial score (nSPS) is 6.71. The fourth-order valence-corrected chi connectivity index (χ4v) is 0. The average Bonchev–Trinajstić information content (AvgIpc) is 1.38. The minimum atomic E-state index is 0. The molecule has 0 bridgehead atoms. The Morgan fingerprint density at radius 3 is 1.43 bits per heavy atom. The average molecular weight is 202 g/mol. The molecule has 0 amide bonds. The van der Waals surface area contributed by atoms with Crippen LogP contribution in [0, 0.1) is 0 Å². The van der Waals surface area contributed by atoms with Crippen molar-refractivity contribution in [2.45, 2.75) is 20.0 Å². The molecule has 0 fully saturated rings. The minimum Gasteiger partial charge on any atom is -0.147 e. The largest absolute Gasteiger partial charge is 0.147 e. The van der Waals surface area contributed by atoms with E-state index in [1.807, 2.05) is 13.8 Å². The van der Waals surface area contributed by atoms with Gasteiger partial charge in [0.15, 0.2) is 0 Å². The molecule has 0 aliphatic rings. The van der Waals surface area contributed by atoms with Gasteiger partial charge in [0.25, 0.3) is 0 Å². The molecule has 0 N–H and O–H groups in total. The molecule has 4 heteroatoms. The fourth-order valence-electron chi connectivity index (χ4n) is 0. The molecule has 0 aliphatic carbocycles. The van der Waals surface area contributed by atoms with Gasteiger partial charge in [-0.15, -0.1) is 24.8 Å². The van der Waals surface area contributed by atoms with Gasteiger partial charge in [0.1, 0.15) is 0 Å². The molecule has 0 aromatic carbocycles. The van der Waals surface area contributed by atoms with Gasteiger partial charge in [-0.25, -0.2) is 0 Å². The van der Waals surface area contributed by atoms with Gasteiger partial charge in [-0.05, 0) is 0 Å². The van der Waals surface area contributed by atoms with Crippen LogP contribution in [0.25, 0.3) is 0 Å². The monoisotopic (exact) mass is 200 g/mol. The number of halogens is 2. The summed E-state index contributed by atoms with van der Waals surface area (Å²) in [6.45, 7) is 4.03. The molecule has 0 aromatic heterocycles. The number of rotatable bonds is 1. The Kier molecular flexibility index (Phi) is 22.9. The van der Waals surface area contributed by atoms with E-state index in [2.05, 4.69) is 0 Å². The zero-order chi connectivity index (χ0) is 4.28. The Bertz CT molecular complexity index is 26.9. The van der Waals surface area contributed by atoms with Crippen LogP contribution in [0.4, 0.5) is 0 Å². The summed E-state index contributed by atoms with van der Waals surface area (Å²) in [5, 5.41) is 0. The van der Waals surface area contributed by atoms with E-state index in [9.17, 15) is 0 Å². The van der Waals surface area contributed by atoms with Crippen LogP contribution in [0.3, 0.4) is 0 Å². The summed E-state index contributed by atoms with van der Waals surface area (Å²) in [4.78, 5) is 0. The maximum absolute atomic E-state index is 4.81. The molecule has 0 rings (SSSR count). The van der Waals surface area contributed by atoms with E-state index in [-0.39, 0.29) is 24.8 Å². The molecule has 0 saturated heterocycles. The third-order valence-corrected chi connectivity index (χ3v) is 1.41. The number of hydrogen-bond acceptors (Lipinski definition) is 1. The van der Waals surface area contributed by atoms with Gasteiger partial charge in [0.2, 0.25) is 0 Å². The standard InChI is InChI=1S/C3H7O.2ClH.Ga/c1-3(2)4;;;/h3H,1-2H3;2*1H;/q-1;;;+1. The van der Waals surface area contributed by atoms with Gasteiger partial charge in [-0.1, -0.05) is 0 Å². The second-order valence-electron chi connectivity index (χ2n) is 1.18. The molecule has 0 spiro atoms. The van der Waals surface area contributed by atoms with Crippen molar-refractivity contribution in [1.29, 1.82) is 0 Å². The minimum absolute atomic E-state index is 0. The van der Waals surface area contributed by atoms with Crippen molar-refractivity contribution >= 4 is 43.8 Å². The summed E-state index contributed by atoms with van der Waals surface area (Å²) in [7, 11) is 0. The predicted octanol–water partition coefficient (Wildman–Crippen LogP) is 1.34. The molecule has 44 valence electrons.